The normalized spacial score (nSPS) is 15.6. The minimum absolute atomic E-state index is 0.0465. The van der Waals surface area contributed by atoms with Crippen molar-refractivity contribution in [1.29, 1.82) is 0 Å². The van der Waals surface area contributed by atoms with E-state index in [1.807, 2.05) is 12.2 Å². The lowest BCUT2D eigenvalue weighted by atomic mass is 9.93. The van der Waals surface area contributed by atoms with Crippen LogP contribution in [0, 0.1) is 0 Å². The molecule has 0 aliphatic heterocycles. The second kappa shape index (κ2) is 12.0. The molecular weight excluding hydrogens is 560 g/mol. The smallest absolute Gasteiger partial charge is 0.0807 e. The predicted molar refractivity (Wildman–Crippen MR) is 193 cm³/mol. The van der Waals surface area contributed by atoms with Crippen molar-refractivity contribution >= 4 is 38.8 Å². The number of rotatable bonds is 8. The topological polar surface area (TPSA) is 47.9 Å². The van der Waals surface area contributed by atoms with Crippen LogP contribution in [-0.4, -0.2) is 15.2 Å². The van der Waals surface area contributed by atoms with Gasteiger partial charge in [0.25, 0.3) is 0 Å². The first-order valence-corrected chi connectivity index (χ1v) is 16.0. The summed E-state index contributed by atoms with van der Waals surface area (Å²) < 4.78 is 5.06. The van der Waals surface area contributed by atoms with E-state index in [-0.39, 0.29) is 12.1 Å². The number of hydrogen-bond acceptors (Lipinski definition) is 2. The minimum atomic E-state index is 0.0465. The SMILES string of the molecule is N/C=C\C=C/C(Cc1ccccc1)NC1=Cc2c(n(-c3ccccc3)c3ccccc23)C(n2c3ccccc3c3ccccc32)C1. The van der Waals surface area contributed by atoms with Crippen molar-refractivity contribution in [2.75, 3.05) is 0 Å². The number of para-hydroxylation sites is 4. The maximum atomic E-state index is 5.70. The highest BCUT2D eigenvalue weighted by Gasteiger charge is 2.32. The van der Waals surface area contributed by atoms with Crippen molar-refractivity contribution in [2.45, 2.75) is 24.9 Å². The molecule has 0 radical (unpaired) electrons. The van der Waals surface area contributed by atoms with Crippen LogP contribution < -0.4 is 11.1 Å². The molecule has 46 heavy (non-hydrogen) atoms. The van der Waals surface area contributed by atoms with Gasteiger partial charge in [0.2, 0.25) is 0 Å². The molecule has 0 fully saturated rings. The number of benzene rings is 5. The third-order valence-corrected chi connectivity index (χ3v) is 9.18. The summed E-state index contributed by atoms with van der Waals surface area (Å²) in [4.78, 5) is 0. The van der Waals surface area contributed by atoms with E-state index in [2.05, 4.69) is 160 Å². The fourth-order valence-electron chi connectivity index (χ4n) is 7.30. The van der Waals surface area contributed by atoms with Crippen LogP contribution in [0.4, 0.5) is 0 Å². The van der Waals surface area contributed by atoms with Gasteiger partial charge in [0.15, 0.2) is 0 Å². The lowest BCUT2D eigenvalue weighted by molar-refractivity contribution is 0.541. The Hall–Kier alpha value is -5.74. The van der Waals surface area contributed by atoms with E-state index in [1.54, 1.807) is 6.20 Å². The van der Waals surface area contributed by atoms with Gasteiger partial charge in [0.05, 0.1) is 17.3 Å². The number of allylic oxidation sites excluding steroid dienone is 3. The Morgan fingerprint density at radius 3 is 1.93 bits per heavy atom. The van der Waals surface area contributed by atoms with Gasteiger partial charge in [-0.1, -0.05) is 115 Å². The maximum absolute atomic E-state index is 5.70. The molecule has 7 aromatic rings. The van der Waals surface area contributed by atoms with Crippen LogP contribution in [0.5, 0.6) is 0 Å². The summed E-state index contributed by atoms with van der Waals surface area (Å²) in [5, 5.41) is 7.80. The van der Waals surface area contributed by atoms with Crippen LogP contribution in [0.2, 0.25) is 0 Å². The van der Waals surface area contributed by atoms with E-state index in [9.17, 15) is 0 Å². The van der Waals surface area contributed by atoms with Gasteiger partial charge in [0, 0.05) is 56.6 Å². The number of aromatic nitrogens is 2. The molecule has 2 heterocycles. The highest BCUT2D eigenvalue weighted by Crippen LogP contribution is 2.45. The van der Waals surface area contributed by atoms with Gasteiger partial charge >= 0.3 is 0 Å². The summed E-state index contributed by atoms with van der Waals surface area (Å²) in [6, 6.07) is 48.1. The summed E-state index contributed by atoms with van der Waals surface area (Å²) in [6.07, 6.45) is 11.8. The molecular formula is C42H36N4. The van der Waals surface area contributed by atoms with Gasteiger partial charge in [-0.05, 0) is 60.7 Å². The largest absolute Gasteiger partial charge is 0.405 e. The molecule has 4 heteroatoms. The van der Waals surface area contributed by atoms with Gasteiger partial charge in [-0.2, -0.15) is 0 Å². The molecule has 1 aliphatic rings. The lowest BCUT2D eigenvalue weighted by Crippen LogP contribution is -2.32. The van der Waals surface area contributed by atoms with Gasteiger partial charge < -0.3 is 20.2 Å². The summed E-state index contributed by atoms with van der Waals surface area (Å²) >= 11 is 0. The second-order valence-corrected chi connectivity index (χ2v) is 12.0. The molecule has 1 aliphatic carbocycles. The fourth-order valence-corrected chi connectivity index (χ4v) is 7.30. The molecule has 0 bridgehead atoms. The quantitative estimate of drug-likeness (QED) is 0.172. The number of hydrogen-bond donors (Lipinski definition) is 2. The number of fused-ring (bicyclic) bond motifs is 6. The molecule has 224 valence electrons. The molecule has 0 spiro atoms. The monoisotopic (exact) mass is 596 g/mol. The maximum Gasteiger partial charge on any atom is 0.0807 e. The van der Waals surface area contributed by atoms with Crippen LogP contribution in [0.25, 0.3) is 44.5 Å². The van der Waals surface area contributed by atoms with Crippen molar-refractivity contribution in [3.63, 3.8) is 0 Å². The van der Waals surface area contributed by atoms with E-state index in [1.165, 1.54) is 60.9 Å². The highest BCUT2D eigenvalue weighted by molar-refractivity contribution is 6.08. The van der Waals surface area contributed by atoms with Crippen molar-refractivity contribution in [2.24, 2.45) is 5.73 Å². The first kappa shape index (κ1) is 27.8. The Bertz CT molecular complexity index is 2200. The third kappa shape index (κ3) is 4.89. The van der Waals surface area contributed by atoms with Gasteiger partial charge in [0.1, 0.15) is 0 Å². The van der Waals surface area contributed by atoms with E-state index >= 15 is 0 Å². The first-order valence-electron chi connectivity index (χ1n) is 16.0. The third-order valence-electron chi connectivity index (χ3n) is 9.18. The lowest BCUT2D eigenvalue weighted by Gasteiger charge is -2.31. The van der Waals surface area contributed by atoms with Crippen molar-refractivity contribution in [3.05, 3.63) is 180 Å². The number of nitrogens with one attached hydrogen (secondary N) is 1. The molecule has 5 aromatic carbocycles. The van der Waals surface area contributed by atoms with E-state index < -0.39 is 0 Å². The fraction of sp³-hybridized carbons (Fsp3) is 0.0952. The molecule has 0 saturated carbocycles. The molecule has 2 atom stereocenters. The molecule has 8 rings (SSSR count). The zero-order chi connectivity index (χ0) is 30.9. The molecule has 0 amide bonds. The Morgan fingerprint density at radius 2 is 1.26 bits per heavy atom. The predicted octanol–water partition coefficient (Wildman–Crippen LogP) is 9.30. The van der Waals surface area contributed by atoms with Crippen LogP contribution in [0.15, 0.2) is 164 Å². The van der Waals surface area contributed by atoms with Crippen LogP contribution >= 0.6 is 0 Å². The summed E-state index contributed by atoms with van der Waals surface area (Å²) in [6.45, 7) is 0. The zero-order valence-electron chi connectivity index (χ0n) is 25.6. The highest BCUT2D eigenvalue weighted by atomic mass is 15.1. The van der Waals surface area contributed by atoms with Crippen LogP contribution in [0.1, 0.15) is 29.3 Å². The molecule has 0 saturated heterocycles. The van der Waals surface area contributed by atoms with E-state index in [0.29, 0.717) is 0 Å². The molecule has 3 N–H and O–H groups in total. The molecule has 2 unspecified atom stereocenters. The average molecular weight is 597 g/mol. The Kier molecular flexibility index (Phi) is 7.24. The number of nitrogens with two attached hydrogens (primary N) is 1. The standard InChI is InChI=1S/C42H36N4/c43-26-14-13-17-31(27-30-15-3-1-4-16-30)44-32-28-37-36-22-9-10-23-38(36)45(33-18-5-2-6-19-33)42(37)41(29-32)46-39-24-11-7-20-34(39)35-21-8-12-25-40(35)46/h1-26,28,31,41,44H,27,29,43H2/b17-13-,26-14-. The Morgan fingerprint density at radius 1 is 0.674 bits per heavy atom. The van der Waals surface area contributed by atoms with Crippen molar-refractivity contribution in [3.8, 4) is 5.69 Å². The summed E-state index contributed by atoms with van der Waals surface area (Å²) in [5.41, 5.74) is 15.7. The first-order chi connectivity index (χ1) is 22.8. The minimum Gasteiger partial charge on any atom is -0.405 e. The van der Waals surface area contributed by atoms with Crippen LogP contribution in [-0.2, 0) is 6.42 Å². The van der Waals surface area contributed by atoms with E-state index in [4.69, 9.17) is 5.73 Å². The zero-order valence-corrected chi connectivity index (χ0v) is 25.6. The average Bonchev–Trinajstić information content (AvgIpc) is 3.62. The van der Waals surface area contributed by atoms with Crippen molar-refractivity contribution < 1.29 is 0 Å². The van der Waals surface area contributed by atoms with Gasteiger partial charge in [-0.25, -0.2) is 0 Å². The number of nitrogens with zero attached hydrogens (tertiary/aromatic N) is 2. The van der Waals surface area contributed by atoms with Gasteiger partial charge in [-0.3, -0.25) is 0 Å². The van der Waals surface area contributed by atoms with Gasteiger partial charge in [-0.15, -0.1) is 0 Å². The second-order valence-electron chi connectivity index (χ2n) is 12.0. The summed E-state index contributed by atoms with van der Waals surface area (Å²) in [7, 11) is 0. The molecule has 2 aromatic heterocycles. The van der Waals surface area contributed by atoms with Crippen molar-refractivity contribution in [1.82, 2.24) is 14.5 Å². The van der Waals surface area contributed by atoms with E-state index in [0.717, 1.165) is 12.8 Å². The van der Waals surface area contributed by atoms with Crippen LogP contribution in [0.3, 0.4) is 0 Å². The Labute approximate surface area is 269 Å². The Balaban J connectivity index is 1.36. The molecule has 4 nitrogen and oxygen atoms in total. The summed E-state index contributed by atoms with van der Waals surface area (Å²) in [5.74, 6) is 0.